The van der Waals surface area contributed by atoms with E-state index in [0.29, 0.717) is 31.2 Å². The first-order valence-electron chi connectivity index (χ1n) is 8.00. The maximum atomic E-state index is 11.8. The maximum Gasteiger partial charge on any atom is 0.236 e. The van der Waals surface area contributed by atoms with Gasteiger partial charge in [0.25, 0.3) is 0 Å². The minimum Gasteiger partial charge on any atom is -0.444 e. The van der Waals surface area contributed by atoms with Crippen LogP contribution in [0.4, 0.5) is 0 Å². The molecular formula is C18H25N3O2. The number of carbonyl (C=O) groups excluding carboxylic acids is 1. The average molecular weight is 315 g/mol. The Hall–Kier alpha value is -2.14. The van der Waals surface area contributed by atoms with Crippen LogP contribution in [0.5, 0.6) is 0 Å². The molecule has 23 heavy (non-hydrogen) atoms. The molecule has 1 amide bonds. The molecule has 0 aliphatic carbocycles. The number of nitrogens with two attached hydrogens (primary N) is 1. The third-order valence-corrected chi connectivity index (χ3v) is 3.59. The highest BCUT2D eigenvalue weighted by atomic mass is 16.3. The smallest absolute Gasteiger partial charge is 0.236 e. The van der Waals surface area contributed by atoms with Crippen molar-refractivity contribution in [3.05, 3.63) is 41.8 Å². The third kappa shape index (κ3) is 5.21. The van der Waals surface area contributed by atoms with Crippen LogP contribution in [-0.2, 0) is 11.2 Å². The van der Waals surface area contributed by atoms with Crippen LogP contribution in [0.15, 0.2) is 34.9 Å². The first kappa shape index (κ1) is 17.2. The summed E-state index contributed by atoms with van der Waals surface area (Å²) in [5.74, 6) is 0.896. The molecule has 1 heterocycles. The molecule has 0 saturated heterocycles. The van der Waals surface area contributed by atoms with E-state index < -0.39 is 6.04 Å². The Morgan fingerprint density at radius 2 is 2.00 bits per heavy atom. The van der Waals surface area contributed by atoms with Gasteiger partial charge in [0.1, 0.15) is 6.26 Å². The van der Waals surface area contributed by atoms with Crippen LogP contribution in [0, 0.1) is 12.8 Å². The molecule has 0 bridgehead atoms. The van der Waals surface area contributed by atoms with Gasteiger partial charge in [-0.2, -0.15) is 0 Å². The Kier molecular flexibility index (Phi) is 5.93. The number of rotatable bonds is 7. The minimum absolute atomic E-state index is 0.110. The Labute approximate surface area is 137 Å². The fourth-order valence-corrected chi connectivity index (χ4v) is 2.31. The standard InChI is InChI=1S/C18H25N3O2/c1-12(2)10-16(19)17(22)20-9-8-15-11-23-18(21-15)14-6-4-13(3)5-7-14/h4-7,11-12,16H,8-10,19H2,1-3H3,(H,20,22)/t16-/m0/s1. The molecule has 0 aliphatic heterocycles. The number of nitrogens with one attached hydrogen (secondary N) is 1. The van der Waals surface area contributed by atoms with Crippen molar-refractivity contribution >= 4 is 5.91 Å². The average Bonchev–Trinajstić information content (AvgIpc) is 2.96. The summed E-state index contributed by atoms with van der Waals surface area (Å²) >= 11 is 0. The molecule has 0 saturated carbocycles. The van der Waals surface area contributed by atoms with Crippen LogP contribution >= 0.6 is 0 Å². The van der Waals surface area contributed by atoms with Crippen LogP contribution in [-0.4, -0.2) is 23.5 Å². The fraction of sp³-hybridized carbons (Fsp3) is 0.444. The van der Waals surface area contributed by atoms with E-state index in [1.807, 2.05) is 31.2 Å². The van der Waals surface area contributed by atoms with E-state index in [0.717, 1.165) is 11.3 Å². The Morgan fingerprint density at radius 3 is 2.65 bits per heavy atom. The second kappa shape index (κ2) is 7.92. The SMILES string of the molecule is Cc1ccc(-c2nc(CCNC(=O)[C@@H](N)CC(C)C)co2)cc1. The van der Waals surface area contributed by atoms with E-state index >= 15 is 0 Å². The van der Waals surface area contributed by atoms with Crippen molar-refractivity contribution in [1.82, 2.24) is 10.3 Å². The molecule has 0 radical (unpaired) electrons. The van der Waals surface area contributed by atoms with Crippen molar-refractivity contribution in [1.29, 1.82) is 0 Å². The van der Waals surface area contributed by atoms with Crippen LogP contribution in [0.2, 0.25) is 0 Å². The Balaban J connectivity index is 1.83. The first-order valence-corrected chi connectivity index (χ1v) is 8.00. The second-order valence-electron chi connectivity index (χ2n) is 6.29. The van der Waals surface area contributed by atoms with E-state index in [9.17, 15) is 4.79 Å². The van der Waals surface area contributed by atoms with Gasteiger partial charge in [0.15, 0.2) is 0 Å². The lowest BCUT2D eigenvalue weighted by Gasteiger charge is -2.13. The monoisotopic (exact) mass is 315 g/mol. The van der Waals surface area contributed by atoms with Crippen molar-refractivity contribution in [3.63, 3.8) is 0 Å². The maximum absolute atomic E-state index is 11.8. The third-order valence-electron chi connectivity index (χ3n) is 3.59. The number of carbonyl (C=O) groups is 1. The normalized spacial score (nSPS) is 12.4. The topological polar surface area (TPSA) is 81.2 Å². The minimum atomic E-state index is -0.449. The predicted molar refractivity (Wildman–Crippen MR) is 90.8 cm³/mol. The quantitative estimate of drug-likeness (QED) is 0.823. The molecule has 1 atom stereocenters. The summed E-state index contributed by atoms with van der Waals surface area (Å²) < 4.78 is 5.50. The van der Waals surface area contributed by atoms with E-state index in [2.05, 4.69) is 24.1 Å². The molecule has 5 heteroatoms. The number of hydrogen-bond acceptors (Lipinski definition) is 4. The zero-order valence-electron chi connectivity index (χ0n) is 14.0. The van der Waals surface area contributed by atoms with Gasteiger partial charge in [0.05, 0.1) is 11.7 Å². The van der Waals surface area contributed by atoms with Gasteiger partial charge in [0.2, 0.25) is 11.8 Å². The van der Waals surface area contributed by atoms with Crippen molar-refractivity contribution < 1.29 is 9.21 Å². The largest absolute Gasteiger partial charge is 0.444 e. The van der Waals surface area contributed by atoms with Crippen LogP contribution < -0.4 is 11.1 Å². The van der Waals surface area contributed by atoms with Gasteiger partial charge >= 0.3 is 0 Å². The van der Waals surface area contributed by atoms with Crippen LogP contribution in [0.25, 0.3) is 11.5 Å². The first-order chi connectivity index (χ1) is 11.0. The molecule has 2 rings (SSSR count). The van der Waals surface area contributed by atoms with Crippen LogP contribution in [0.1, 0.15) is 31.5 Å². The molecule has 0 aliphatic rings. The molecule has 2 aromatic rings. The summed E-state index contributed by atoms with van der Waals surface area (Å²) in [5.41, 5.74) is 8.81. The molecule has 0 fully saturated rings. The number of benzene rings is 1. The molecule has 1 aromatic heterocycles. The highest BCUT2D eigenvalue weighted by Gasteiger charge is 2.14. The highest BCUT2D eigenvalue weighted by molar-refractivity contribution is 5.81. The summed E-state index contributed by atoms with van der Waals surface area (Å²) in [5, 5.41) is 2.85. The van der Waals surface area contributed by atoms with E-state index in [1.54, 1.807) is 6.26 Å². The number of hydrogen-bond donors (Lipinski definition) is 2. The van der Waals surface area contributed by atoms with Gasteiger partial charge in [0, 0.05) is 18.5 Å². The second-order valence-corrected chi connectivity index (χ2v) is 6.29. The number of aryl methyl sites for hydroxylation is 1. The summed E-state index contributed by atoms with van der Waals surface area (Å²) in [7, 11) is 0. The molecule has 3 N–H and O–H groups in total. The van der Waals surface area contributed by atoms with Gasteiger partial charge in [-0.05, 0) is 31.4 Å². The zero-order chi connectivity index (χ0) is 16.8. The zero-order valence-corrected chi connectivity index (χ0v) is 14.0. The molecular weight excluding hydrogens is 290 g/mol. The highest BCUT2D eigenvalue weighted by Crippen LogP contribution is 2.19. The van der Waals surface area contributed by atoms with E-state index in [1.165, 1.54) is 5.56 Å². The number of oxazole rings is 1. The Bertz CT molecular complexity index is 632. The van der Waals surface area contributed by atoms with E-state index in [4.69, 9.17) is 10.2 Å². The molecule has 0 spiro atoms. The summed E-state index contributed by atoms with van der Waals surface area (Å²) in [6.07, 6.45) is 2.94. The lowest BCUT2D eigenvalue weighted by Crippen LogP contribution is -2.42. The van der Waals surface area contributed by atoms with Crippen molar-refractivity contribution in [2.24, 2.45) is 11.7 Å². The fourth-order valence-electron chi connectivity index (χ4n) is 2.31. The summed E-state index contributed by atoms with van der Waals surface area (Å²) in [4.78, 5) is 16.3. The van der Waals surface area contributed by atoms with Crippen LogP contribution in [0.3, 0.4) is 0 Å². The predicted octanol–water partition coefficient (Wildman–Crippen LogP) is 2.68. The van der Waals surface area contributed by atoms with Crippen molar-refractivity contribution in [2.75, 3.05) is 6.54 Å². The van der Waals surface area contributed by atoms with Crippen molar-refractivity contribution in [2.45, 2.75) is 39.7 Å². The van der Waals surface area contributed by atoms with Gasteiger partial charge in [-0.1, -0.05) is 31.5 Å². The van der Waals surface area contributed by atoms with Gasteiger partial charge in [-0.3, -0.25) is 4.79 Å². The Morgan fingerprint density at radius 1 is 1.30 bits per heavy atom. The lowest BCUT2D eigenvalue weighted by molar-refractivity contribution is -0.122. The van der Waals surface area contributed by atoms with Gasteiger partial charge < -0.3 is 15.5 Å². The summed E-state index contributed by atoms with van der Waals surface area (Å²) in [6, 6.07) is 7.57. The number of amides is 1. The van der Waals surface area contributed by atoms with Gasteiger partial charge in [-0.25, -0.2) is 4.98 Å². The van der Waals surface area contributed by atoms with E-state index in [-0.39, 0.29) is 5.91 Å². The molecule has 0 unspecified atom stereocenters. The van der Waals surface area contributed by atoms with Crippen molar-refractivity contribution in [3.8, 4) is 11.5 Å². The lowest BCUT2D eigenvalue weighted by atomic mass is 10.0. The molecule has 1 aromatic carbocycles. The summed E-state index contributed by atoms with van der Waals surface area (Å²) in [6.45, 7) is 6.65. The molecule has 5 nitrogen and oxygen atoms in total. The number of nitrogens with zero attached hydrogens (tertiary/aromatic N) is 1. The van der Waals surface area contributed by atoms with Gasteiger partial charge in [-0.15, -0.1) is 0 Å². The number of aromatic nitrogens is 1. The molecule has 124 valence electrons.